The molecule has 0 saturated carbocycles. The molecule has 0 N–H and O–H groups in total. The third-order valence-corrected chi connectivity index (χ3v) is 3.94. The molecule has 2 heterocycles. The highest BCUT2D eigenvalue weighted by atomic mass is 35.5. The monoisotopic (exact) mass is 288 g/mol. The number of hydrogen-bond donors (Lipinski definition) is 0. The fourth-order valence-corrected chi connectivity index (χ4v) is 2.78. The molecule has 18 heavy (non-hydrogen) atoms. The van der Waals surface area contributed by atoms with Crippen LogP contribution in [0.3, 0.4) is 0 Å². The molecular weight excluding hydrogens is 271 g/mol. The van der Waals surface area contributed by atoms with Crippen molar-refractivity contribution in [2.24, 2.45) is 5.92 Å². The summed E-state index contributed by atoms with van der Waals surface area (Å²) in [6.45, 7) is 2.82. The van der Waals surface area contributed by atoms with Crippen LogP contribution in [-0.4, -0.2) is 31.8 Å². The van der Waals surface area contributed by atoms with Gasteiger partial charge in [-0.3, -0.25) is 0 Å². The Bertz CT molecular complexity index is 393. The Balaban J connectivity index is 2.01. The minimum atomic E-state index is 0.447. The quantitative estimate of drug-likeness (QED) is 0.795. The van der Waals surface area contributed by atoms with Crippen molar-refractivity contribution < 1.29 is 4.74 Å². The van der Waals surface area contributed by atoms with E-state index in [1.54, 1.807) is 13.3 Å². The van der Waals surface area contributed by atoms with Crippen LogP contribution in [0.5, 0.6) is 0 Å². The first-order valence-electron chi connectivity index (χ1n) is 6.19. The van der Waals surface area contributed by atoms with Crippen molar-refractivity contribution in [3.63, 3.8) is 0 Å². The van der Waals surface area contributed by atoms with Crippen LogP contribution in [0.15, 0.2) is 12.3 Å². The molecule has 0 atom stereocenters. The zero-order chi connectivity index (χ0) is 13.0. The Morgan fingerprint density at radius 2 is 2.17 bits per heavy atom. The summed E-state index contributed by atoms with van der Waals surface area (Å²) in [5, 5.41) is 0.693. The molecule has 1 aliphatic rings. The maximum Gasteiger partial charge on any atom is 0.147 e. The molecular formula is C13H18Cl2N2O. The van der Waals surface area contributed by atoms with Crippen LogP contribution in [0.4, 0.5) is 5.82 Å². The van der Waals surface area contributed by atoms with Crippen LogP contribution in [0.25, 0.3) is 0 Å². The highest BCUT2D eigenvalue weighted by Crippen LogP contribution is 2.28. The second kappa shape index (κ2) is 6.60. The van der Waals surface area contributed by atoms with Crippen LogP contribution in [-0.2, 0) is 10.6 Å². The van der Waals surface area contributed by atoms with Crippen LogP contribution in [0.2, 0.25) is 5.02 Å². The Labute approximate surface area is 118 Å². The standard InChI is InChI=1S/C13H18Cl2N2O/c1-18-9-10-2-4-17(5-3-10)13-12(15)6-11(7-14)8-16-13/h6,8,10H,2-5,7,9H2,1H3. The van der Waals surface area contributed by atoms with Crippen LogP contribution < -0.4 is 4.90 Å². The highest BCUT2D eigenvalue weighted by molar-refractivity contribution is 6.33. The van der Waals surface area contributed by atoms with E-state index in [1.807, 2.05) is 6.07 Å². The topological polar surface area (TPSA) is 25.4 Å². The number of nitrogens with zero attached hydrogens (tertiary/aromatic N) is 2. The van der Waals surface area contributed by atoms with Gasteiger partial charge in [-0.25, -0.2) is 4.98 Å². The van der Waals surface area contributed by atoms with Gasteiger partial charge in [0.1, 0.15) is 5.82 Å². The van der Waals surface area contributed by atoms with Gasteiger partial charge in [-0.05, 0) is 30.4 Å². The Hall–Kier alpha value is -0.510. The number of rotatable bonds is 4. The number of anilines is 1. The first-order valence-corrected chi connectivity index (χ1v) is 7.10. The maximum atomic E-state index is 6.25. The molecule has 1 saturated heterocycles. The summed E-state index contributed by atoms with van der Waals surface area (Å²) < 4.78 is 5.20. The smallest absolute Gasteiger partial charge is 0.147 e. The number of ether oxygens (including phenoxy) is 1. The number of aromatic nitrogens is 1. The molecule has 0 unspecified atom stereocenters. The fourth-order valence-electron chi connectivity index (χ4n) is 2.32. The van der Waals surface area contributed by atoms with Gasteiger partial charge < -0.3 is 9.64 Å². The number of hydrogen-bond acceptors (Lipinski definition) is 3. The van der Waals surface area contributed by atoms with E-state index < -0.39 is 0 Å². The van der Waals surface area contributed by atoms with Crippen LogP contribution in [0, 0.1) is 5.92 Å². The lowest BCUT2D eigenvalue weighted by atomic mass is 9.98. The van der Waals surface area contributed by atoms with Gasteiger partial charge in [0.05, 0.1) is 5.02 Å². The molecule has 5 heteroatoms. The Kier molecular flexibility index (Phi) is 5.10. The van der Waals surface area contributed by atoms with Gasteiger partial charge in [0.15, 0.2) is 0 Å². The third kappa shape index (κ3) is 3.28. The molecule has 0 spiro atoms. The maximum absolute atomic E-state index is 6.25. The van der Waals surface area contributed by atoms with Gasteiger partial charge in [0, 0.05) is 38.9 Å². The number of piperidine rings is 1. The van der Waals surface area contributed by atoms with Gasteiger partial charge in [-0.1, -0.05) is 11.6 Å². The summed E-state index contributed by atoms with van der Waals surface area (Å²) in [5.41, 5.74) is 0.958. The lowest BCUT2D eigenvalue weighted by molar-refractivity contribution is 0.139. The molecule has 100 valence electrons. The van der Waals surface area contributed by atoms with E-state index in [2.05, 4.69) is 9.88 Å². The van der Waals surface area contributed by atoms with Crippen molar-refractivity contribution in [2.75, 3.05) is 31.7 Å². The summed E-state index contributed by atoms with van der Waals surface area (Å²) >= 11 is 12.0. The summed E-state index contributed by atoms with van der Waals surface area (Å²) in [5.74, 6) is 1.98. The van der Waals surface area contributed by atoms with Gasteiger partial charge in [0.2, 0.25) is 0 Å². The van der Waals surface area contributed by atoms with E-state index in [-0.39, 0.29) is 0 Å². The summed E-state index contributed by atoms with van der Waals surface area (Å²) in [4.78, 5) is 6.66. The summed E-state index contributed by atoms with van der Waals surface area (Å²) in [6, 6.07) is 1.90. The van der Waals surface area contributed by atoms with E-state index in [9.17, 15) is 0 Å². The molecule has 0 aliphatic carbocycles. The lowest BCUT2D eigenvalue weighted by Gasteiger charge is -2.33. The average molecular weight is 289 g/mol. The number of alkyl halides is 1. The highest BCUT2D eigenvalue weighted by Gasteiger charge is 2.21. The molecule has 1 fully saturated rings. The van der Waals surface area contributed by atoms with Gasteiger partial charge in [-0.2, -0.15) is 0 Å². The molecule has 1 aliphatic heterocycles. The Morgan fingerprint density at radius 1 is 1.44 bits per heavy atom. The van der Waals surface area contributed by atoms with Crippen LogP contribution >= 0.6 is 23.2 Å². The molecule has 1 aromatic rings. The van der Waals surface area contributed by atoms with E-state index >= 15 is 0 Å². The van der Waals surface area contributed by atoms with Crippen molar-refractivity contribution in [1.29, 1.82) is 0 Å². The second-order valence-electron chi connectivity index (χ2n) is 4.67. The molecule has 0 amide bonds. The summed E-state index contributed by atoms with van der Waals surface area (Å²) in [6.07, 6.45) is 4.06. The van der Waals surface area contributed by atoms with E-state index in [0.717, 1.165) is 43.9 Å². The molecule has 1 aromatic heterocycles. The zero-order valence-electron chi connectivity index (χ0n) is 10.5. The lowest BCUT2D eigenvalue weighted by Crippen LogP contribution is -2.35. The first-order chi connectivity index (χ1) is 8.74. The minimum absolute atomic E-state index is 0.447. The van der Waals surface area contributed by atoms with Crippen molar-refractivity contribution in [3.05, 3.63) is 22.8 Å². The summed E-state index contributed by atoms with van der Waals surface area (Å²) in [7, 11) is 1.76. The van der Waals surface area contributed by atoms with Crippen LogP contribution in [0.1, 0.15) is 18.4 Å². The van der Waals surface area contributed by atoms with E-state index in [1.165, 1.54) is 0 Å². The van der Waals surface area contributed by atoms with Gasteiger partial charge >= 0.3 is 0 Å². The second-order valence-corrected chi connectivity index (χ2v) is 5.34. The normalized spacial score (nSPS) is 17.2. The SMILES string of the molecule is COCC1CCN(c2ncc(CCl)cc2Cl)CC1. The third-order valence-electron chi connectivity index (χ3n) is 3.35. The number of halogens is 2. The Morgan fingerprint density at radius 3 is 2.72 bits per heavy atom. The number of pyridine rings is 1. The van der Waals surface area contributed by atoms with Crippen molar-refractivity contribution in [1.82, 2.24) is 4.98 Å². The van der Waals surface area contributed by atoms with Crippen molar-refractivity contribution >= 4 is 29.0 Å². The minimum Gasteiger partial charge on any atom is -0.384 e. The van der Waals surface area contributed by atoms with E-state index in [4.69, 9.17) is 27.9 Å². The van der Waals surface area contributed by atoms with E-state index in [0.29, 0.717) is 16.8 Å². The molecule has 3 nitrogen and oxygen atoms in total. The predicted molar refractivity (Wildman–Crippen MR) is 75.6 cm³/mol. The average Bonchev–Trinajstić information content (AvgIpc) is 2.40. The van der Waals surface area contributed by atoms with Gasteiger partial charge in [0.25, 0.3) is 0 Å². The molecule has 2 rings (SSSR count). The molecule has 0 aromatic carbocycles. The number of methoxy groups -OCH3 is 1. The first kappa shape index (κ1) is 13.9. The zero-order valence-corrected chi connectivity index (χ0v) is 12.0. The predicted octanol–water partition coefficient (Wildman–Crippen LogP) is 3.34. The largest absolute Gasteiger partial charge is 0.384 e. The molecule has 0 bridgehead atoms. The van der Waals surface area contributed by atoms with Crippen molar-refractivity contribution in [3.8, 4) is 0 Å². The molecule has 0 radical (unpaired) electrons. The van der Waals surface area contributed by atoms with Gasteiger partial charge in [-0.15, -0.1) is 11.6 Å². The fraction of sp³-hybridized carbons (Fsp3) is 0.615. The van der Waals surface area contributed by atoms with Crippen molar-refractivity contribution in [2.45, 2.75) is 18.7 Å².